The summed E-state index contributed by atoms with van der Waals surface area (Å²) in [6, 6.07) is 3.49. The molecule has 94 valence electrons. The summed E-state index contributed by atoms with van der Waals surface area (Å²) in [5, 5.41) is 10.2. The Hall–Kier alpha value is -2.24. The predicted molar refractivity (Wildman–Crippen MR) is 66.3 cm³/mol. The third-order valence-corrected chi connectivity index (χ3v) is 2.36. The molecule has 2 aromatic rings. The lowest BCUT2D eigenvalue weighted by atomic mass is 10.2. The second kappa shape index (κ2) is 5.39. The molecule has 6 nitrogen and oxygen atoms in total. The summed E-state index contributed by atoms with van der Waals surface area (Å²) >= 11 is 0. The molecule has 1 amide bonds. The topological polar surface area (TPSA) is 72.7 Å². The summed E-state index contributed by atoms with van der Waals surface area (Å²) in [6.07, 6.45) is 4.66. The molecule has 6 heteroatoms. The summed E-state index contributed by atoms with van der Waals surface area (Å²) < 4.78 is 1.68. The van der Waals surface area contributed by atoms with Crippen molar-refractivity contribution < 1.29 is 4.79 Å². The molecule has 2 heterocycles. The van der Waals surface area contributed by atoms with Crippen LogP contribution in [0.15, 0.2) is 31.0 Å². The first-order chi connectivity index (χ1) is 8.66. The van der Waals surface area contributed by atoms with Crippen LogP contribution >= 0.6 is 0 Å². The molecule has 0 atom stereocenters. The quantitative estimate of drug-likeness (QED) is 0.873. The van der Waals surface area contributed by atoms with Crippen LogP contribution in [0.2, 0.25) is 0 Å². The Kier molecular flexibility index (Phi) is 3.66. The molecule has 0 bridgehead atoms. The van der Waals surface area contributed by atoms with Gasteiger partial charge in [0.1, 0.15) is 18.5 Å². The molecule has 0 aromatic carbocycles. The highest BCUT2D eigenvalue weighted by molar-refractivity contribution is 5.93. The van der Waals surface area contributed by atoms with Gasteiger partial charge in [0.2, 0.25) is 0 Å². The van der Waals surface area contributed by atoms with Gasteiger partial charge in [0.05, 0.1) is 5.56 Å². The van der Waals surface area contributed by atoms with Gasteiger partial charge < -0.3 is 5.32 Å². The fraction of sp³-hybridized carbons (Fsp3) is 0.333. The molecular formula is C12H15N5O. The van der Waals surface area contributed by atoms with E-state index in [4.69, 9.17) is 0 Å². The average Bonchev–Trinajstić information content (AvgIpc) is 2.90. The zero-order valence-corrected chi connectivity index (χ0v) is 10.4. The van der Waals surface area contributed by atoms with Gasteiger partial charge in [-0.2, -0.15) is 0 Å². The zero-order chi connectivity index (χ0) is 13.0. The molecule has 0 fully saturated rings. The Bertz CT molecular complexity index is 504. The van der Waals surface area contributed by atoms with Crippen molar-refractivity contribution >= 4 is 5.91 Å². The Morgan fingerprint density at radius 3 is 2.61 bits per heavy atom. The van der Waals surface area contributed by atoms with Crippen LogP contribution in [0.1, 0.15) is 24.2 Å². The van der Waals surface area contributed by atoms with Crippen molar-refractivity contribution in [1.82, 2.24) is 25.1 Å². The molecule has 2 rings (SSSR count). The minimum absolute atomic E-state index is 0.105. The predicted octanol–water partition coefficient (Wildman–Crippen LogP) is 1.05. The maximum atomic E-state index is 11.8. The van der Waals surface area contributed by atoms with E-state index >= 15 is 0 Å². The molecule has 0 unspecified atom stereocenters. The van der Waals surface area contributed by atoms with Gasteiger partial charge in [-0.05, 0) is 18.1 Å². The molecule has 0 spiro atoms. The number of nitrogens with zero attached hydrogens (tertiary/aromatic N) is 4. The Balaban J connectivity index is 2.06. The van der Waals surface area contributed by atoms with Gasteiger partial charge in [0.25, 0.3) is 5.91 Å². The fourth-order valence-electron chi connectivity index (χ4n) is 1.39. The van der Waals surface area contributed by atoms with Crippen LogP contribution in [-0.4, -0.2) is 32.2 Å². The van der Waals surface area contributed by atoms with Crippen molar-refractivity contribution in [2.24, 2.45) is 5.92 Å². The molecule has 0 aliphatic carbocycles. The number of nitrogens with one attached hydrogen (secondary N) is 1. The number of pyridine rings is 1. The van der Waals surface area contributed by atoms with Crippen molar-refractivity contribution in [2.45, 2.75) is 13.8 Å². The molecular weight excluding hydrogens is 230 g/mol. The molecule has 0 aliphatic heterocycles. The van der Waals surface area contributed by atoms with E-state index in [0.717, 1.165) is 0 Å². The van der Waals surface area contributed by atoms with Crippen LogP contribution < -0.4 is 5.32 Å². The van der Waals surface area contributed by atoms with Gasteiger partial charge in [-0.25, -0.2) is 4.98 Å². The van der Waals surface area contributed by atoms with Gasteiger partial charge in [0.15, 0.2) is 0 Å². The van der Waals surface area contributed by atoms with Crippen LogP contribution in [0.4, 0.5) is 0 Å². The molecule has 0 saturated heterocycles. The standard InChI is InChI=1S/C12H15N5O/c1-9(2)5-14-12(18)10-3-4-11(13-6-10)17-7-15-16-8-17/h3-4,6-9H,5H2,1-2H3,(H,14,18). The number of carbonyl (C=O) groups excluding carboxylic acids is 1. The minimum atomic E-state index is -0.105. The normalized spacial score (nSPS) is 10.6. The largest absolute Gasteiger partial charge is 0.352 e. The van der Waals surface area contributed by atoms with Crippen molar-refractivity contribution in [3.8, 4) is 5.82 Å². The van der Waals surface area contributed by atoms with Gasteiger partial charge in [0, 0.05) is 12.7 Å². The van der Waals surface area contributed by atoms with Crippen molar-refractivity contribution in [2.75, 3.05) is 6.54 Å². The number of hydrogen-bond donors (Lipinski definition) is 1. The first kappa shape index (κ1) is 12.2. The Morgan fingerprint density at radius 1 is 1.33 bits per heavy atom. The highest BCUT2D eigenvalue weighted by Gasteiger charge is 2.07. The van der Waals surface area contributed by atoms with E-state index in [1.165, 1.54) is 0 Å². The molecule has 0 aliphatic rings. The summed E-state index contributed by atoms with van der Waals surface area (Å²) in [5.41, 5.74) is 0.549. The van der Waals surface area contributed by atoms with E-state index in [1.807, 2.05) is 13.8 Å². The van der Waals surface area contributed by atoms with Crippen LogP contribution in [0.5, 0.6) is 0 Å². The molecule has 18 heavy (non-hydrogen) atoms. The fourth-order valence-corrected chi connectivity index (χ4v) is 1.39. The average molecular weight is 245 g/mol. The Morgan fingerprint density at radius 2 is 2.06 bits per heavy atom. The molecule has 2 aromatic heterocycles. The van der Waals surface area contributed by atoms with Crippen molar-refractivity contribution in [3.05, 3.63) is 36.5 Å². The monoisotopic (exact) mass is 245 g/mol. The van der Waals surface area contributed by atoms with Gasteiger partial charge in [-0.15, -0.1) is 10.2 Å². The number of amides is 1. The van der Waals surface area contributed by atoms with Crippen LogP contribution in [0, 0.1) is 5.92 Å². The SMILES string of the molecule is CC(C)CNC(=O)c1ccc(-n2cnnc2)nc1. The maximum absolute atomic E-state index is 11.8. The summed E-state index contributed by atoms with van der Waals surface area (Å²) in [6.45, 7) is 4.76. The van der Waals surface area contributed by atoms with Gasteiger partial charge in [-0.1, -0.05) is 13.8 Å². The lowest BCUT2D eigenvalue weighted by molar-refractivity contribution is 0.0948. The van der Waals surface area contributed by atoms with Crippen molar-refractivity contribution in [1.29, 1.82) is 0 Å². The van der Waals surface area contributed by atoms with E-state index < -0.39 is 0 Å². The lowest BCUT2D eigenvalue weighted by Gasteiger charge is -2.07. The number of aromatic nitrogens is 4. The van der Waals surface area contributed by atoms with E-state index in [2.05, 4.69) is 20.5 Å². The Labute approximate surface area is 105 Å². The summed E-state index contributed by atoms with van der Waals surface area (Å²) in [5.74, 6) is 1.00. The molecule has 1 N–H and O–H groups in total. The van der Waals surface area contributed by atoms with E-state index in [9.17, 15) is 4.79 Å². The maximum Gasteiger partial charge on any atom is 0.252 e. The summed E-state index contributed by atoms with van der Waals surface area (Å²) in [7, 11) is 0. The molecule has 0 radical (unpaired) electrons. The lowest BCUT2D eigenvalue weighted by Crippen LogP contribution is -2.27. The van der Waals surface area contributed by atoms with Crippen LogP contribution in [-0.2, 0) is 0 Å². The minimum Gasteiger partial charge on any atom is -0.352 e. The smallest absolute Gasteiger partial charge is 0.252 e. The van der Waals surface area contributed by atoms with Gasteiger partial charge >= 0.3 is 0 Å². The second-order valence-corrected chi connectivity index (χ2v) is 4.38. The first-order valence-electron chi connectivity index (χ1n) is 5.76. The highest BCUT2D eigenvalue weighted by atomic mass is 16.1. The van der Waals surface area contributed by atoms with Gasteiger partial charge in [-0.3, -0.25) is 9.36 Å². The first-order valence-corrected chi connectivity index (χ1v) is 5.76. The molecule has 0 saturated carbocycles. The second-order valence-electron chi connectivity index (χ2n) is 4.38. The third-order valence-electron chi connectivity index (χ3n) is 2.36. The van der Waals surface area contributed by atoms with Crippen molar-refractivity contribution in [3.63, 3.8) is 0 Å². The van der Waals surface area contributed by atoms with Crippen LogP contribution in [0.3, 0.4) is 0 Å². The third kappa shape index (κ3) is 2.91. The number of rotatable bonds is 4. The highest BCUT2D eigenvalue weighted by Crippen LogP contribution is 2.04. The van der Waals surface area contributed by atoms with E-state index in [0.29, 0.717) is 23.8 Å². The van der Waals surface area contributed by atoms with Crippen LogP contribution in [0.25, 0.3) is 5.82 Å². The number of hydrogen-bond acceptors (Lipinski definition) is 4. The van der Waals surface area contributed by atoms with E-state index in [1.54, 1.807) is 35.6 Å². The van der Waals surface area contributed by atoms with E-state index in [-0.39, 0.29) is 5.91 Å². The summed E-state index contributed by atoms with van der Waals surface area (Å²) in [4.78, 5) is 16.0. The zero-order valence-electron chi connectivity index (χ0n) is 10.4. The number of carbonyl (C=O) groups is 1.